The molecule has 0 bridgehead atoms. The maximum Gasteiger partial charge on any atom is 0.254 e. The number of rotatable bonds is 3. The molecule has 0 aromatic heterocycles. The number of nitrogens with two attached hydrogens (primary N) is 1. The molecule has 3 rings (SSSR count). The zero-order chi connectivity index (χ0) is 17.1. The maximum absolute atomic E-state index is 13.1. The third-order valence-corrected chi connectivity index (χ3v) is 5.05. The molecule has 2 atom stereocenters. The van der Waals surface area contributed by atoms with Crippen molar-refractivity contribution in [2.45, 2.75) is 39.3 Å². The lowest BCUT2D eigenvalue weighted by atomic mass is 9.85. The fraction of sp³-hybridized carbons (Fsp3) is 0.381. The Morgan fingerprint density at radius 3 is 2.36 bits per heavy atom. The van der Waals surface area contributed by atoms with Crippen LogP contribution in [0.25, 0.3) is 0 Å². The van der Waals surface area contributed by atoms with Gasteiger partial charge in [-0.2, -0.15) is 0 Å². The molecule has 0 spiro atoms. The molecule has 0 radical (unpaired) electrons. The van der Waals surface area contributed by atoms with Gasteiger partial charge in [0.2, 0.25) is 0 Å². The predicted octanol–water partition coefficient (Wildman–Crippen LogP) is 4.49. The lowest BCUT2D eigenvalue weighted by molar-refractivity contribution is 0.0513. The van der Waals surface area contributed by atoms with Gasteiger partial charge in [0.1, 0.15) is 0 Å². The first-order valence-electron chi connectivity index (χ1n) is 8.76. The molecule has 1 amide bonds. The van der Waals surface area contributed by atoms with Crippen LogP contribution in [0.1, 0.15) is 52.9 Å². The quantitative estimate of drug-likeness (QED) is 0.878. The summed E-state index contributed by atoms with van der Waals surface area (Å²) < 4.78 is 0. The summed E-state index contributed by atoms with van der Waals surface area (Å²) >= 11 is 0. The van der Waals surface area contributed by atoms with E-state index >= 15 is 0 Å². The van der Waals surface area contributed by atoms with E-state index in [4.69, 9.17) is 5.73 Å². The van der Waals surface area contributed by atoms with Gasteiger partial charge in [0.15, 0.2) is 0 Å². The minimum Gasteiger partial charge on any atom is -0.331 e. The van der Waals surface area contributed by atoms with Gasteiger partial charge >= 0.3 is 0 Å². The van der Waals surface area contributed by atoms with Crippen molar-refractivity contribution in [2.24, 2.45) is 11.7 Å². The van der Waals surface area contributed by atoms with Crippen LogP contribution in [0.15, 0.2) is 48.5 Å². The number of hydrogen-bond acceptors (Lipinski definition) is 2. The Bertz CT molecular complexity index is 697. The highest BCUT2D eigenvalue weighted by atomic mass is 35.5. The zero-order valence-electron chi connectivity index (χ0n) is 14.9. The molecule has 2 unspecified atom stereocenters. The molecule has 3 nitrogen and oxygen atoms in total. The lowest BCUT2D eigenvalue weighted by Gasteiger charge is -2.40. The number of piperidine rings is 1. The third kappa shape index (κ3) is 4.23. The van der Waals surface area contributed by atoms with Gasteiger partial charge < -0.3 is 10.6 Å². The van der Waals surface area contributed by atoms with E-state index in [-0.39, 0.29) is 24.4 Å². The van der Waals surface area contributed by atoms with E-state index < -0.39 is 0 Å². The highest BCUT2D eigenvalue weighted by molar-refractivity contribution is 5.94. The van der Waals surface area contributed by atoms with Crippen LogP contribution in [-0.2, 0) is 6.54 Å². The van der Waals surface area contributed by atoms with Crippen molar-refractivity contribution in [1.82, 2.24) is 4.90 Å². The average Bonchev–Trinajstić information content (AvgIpc) is 2.62. The average molecular weight is 359 g/mol. The number of amides is 1. The second-order valence-corrected chi connectivity index (χ2v) is 6.87. The van der Waals surface area contributed by atoms with Crippen LogP contribution in [0.2, 0.25) is 0 Å². The summed E-state index contributed by atoms with van der Waals surface area (Å²) in [6, 6.07) is 16.4. The Balaban J connectivity index is 0.00000225. The van der Waals surface area contributed by atoms with Crippen molar-refractivity contribution in [3.05, 3.63) is 70.8 Å². The molecule has 0 saturated carbocycles. The summed E-state index contributed by atoms with van der Waals surface area (Å²) in [5.74, 6) is 0.587. The standard InChI is InChI=1S/C21H26N2O.ClH/c1-15-5-9-18(10-6-15)20-16(2)4-3-13-23(20)21(24)19-11-7-17(14-22)8-12-19;/h5-12,16,20H,3-4,13-14,22H2,1-2H3;1H. The van der Waals surface area contributed by atoms with E-state index in [0.29, 0.717) is 12.5 Å². The summed E-state index contributed by atoms with van der Waals surface area (Å²) in [7, 11) is 0. The van der Waals surface area contributed by atoms with Gasteiger partial charge in [0.05, 0.1) is 6.04 Å². The number of carbonyl (C=O) groups is 1. The molecule has 25 heavy (non-hydrogen) atoms. The van der Waals surface area contributed by atoms with Gasteiger partial charge in [0.25, 0.3) is 5.91 Å². The normalized spacial score (nSPS) is 20.0. The Hall–Kier alpha value is -1.84. The first kappa shape index (κ1) is 19.5. The summed E-state index contributed by atoms with van der Waals surface area (Å²) in [5, 5.41) is 0. The number of aryl methyl sites for hydroxylation is 1. The largest absolute Gasteiger partial charge is 0.331 e. The fourth-order valence-electron chi connectivity index (χ4n) is 3.64. The summed E-state index contributed by atoms with van der Waals surface area (Å²) in [4.78, 5) is 15.1. The molecule has 1 saturated heterocycles. The molecule has 1 fully saturated rings. The number of halogens is 1. The Morgan fingerprint density at radius 1 is 1.12 bits per heavy atom. The van der Waals surface area contributed by atoms with E-state index in [1.165, 1.54) is 11.1 Å². The van der Waals surface area contributed by atoms with E-state index in [2.05, 4.69) is 43.0 Å². The Morgan fingerprint density at radius 2 is 1.76 bits per heavy atom. The second-order valence-electron chi connectivity index (χ2n) is 6.87. The van der Waals surface area contributed by atoms with Crippen molar-refractivity contribution < 1.29 is 4.79 Å². The molecular formula is C21H27ClN2O. The van der Waals surface area contributed by atoms with Crippen LogP contribution in [0.4, 0.5) is 0 Å². The van der Waals surface area contributed by atoms with E-state index in [1.807, 2.05) is 24.3 Å². The Labute approximate surface area is 156 Å². The number of nitrogens with zero attached hydrogens (tertiary/aromatic N) is 1. The van der Waals surface area contributed by atoms with Crippen LogP contribution in [0, 0.1) is 12.8 Å². The highest BCUT2D eigenvalue weighted by Gasteiger charge is 2.33. The molecule has 4 heteroatoms. The van der Waals surface area contributed by atoms with Gasteiger partial charge in [-0.15, -0.1) is 12.4 Å². The van der Waals surface area contributed by atoms with Gasteiger partial charge in [-0.1, -0.05) is 48.9 Å². The molecular weight excluding hydrogens is 332 g/mol. The van der Waals surface area contributed by atoms with E-state index in [9.17, 15) is 4.79 Å². The minimum absolute atomic E-state index is 0. The van der Waals surface area contributed by atoms with Crippen LogP contribution >= 0.6 is 12.4 Å². The summed E-state index contributed by atoms with van der Waals surface area (Å²) in [6.45, 7) is 5.67. The van der Waals surface area contributed by atoms with Crippen molar-refractivity contribution >= 4 is 18.3 Å². The molecule has 1 aliphatic rings. The zero-order valence-corrected chi connectivity index (χ0v) is 15.8. The molecule has 2 aromatic rings. The first-order chi connectivity index (χ1) is 11.6. The van der Waals surface area contributed by atoms with Crippen molar-refractivity contribution in [3.63, 3.8) is 0 Å². The minimum atomic E-state index is 0. The van der Waals surface area contributed by atoms with Crippen LogP contribution < -0.4 is 5.73 Å². The monoisotopic (exact) mass is 358 g/mol. The first-order valence-corrected chi connectivity index (χ1v) is 8.76. The van der Waals surface area contributed by atoms with E-state index in [1.54, 1.807) is 0 Å². The molecule has 2 aromatic carbocycles. The number of carbonyl (C=O) groups excluding carboxylic acids is 1. The lowest BCUT2D eigenvalue weighted by Crippen LogP contribution is -2.42. The molecule has 2 N–H and O–H groups in total. The van der Waals surface area contributed by atoms with Crippen molar-refractivity contribution in [3.8, 4) is 0 Å². The van der Waals surface area contributed by atoms with Gasteiger partial charge in [-0.3, -0.25) is 4.79 Å². The Kier molecular flexibility index (Phi) is 6.63. The number of likely N-dealkylation sites (tertiary alicyclic amines) is 1. The van der Waals surface area contributed by atoms with Crippen LogP contribution in [-0.4, -0.2) is 17.4 Å². The summed E-state index contributed by atoms with van der Waals surface area (Å²) in [5.41, 5.74) is 9.93. The molecule has 134 valence electrons. The van der Waals surface area contributed by atoms with Crippen molar-refractivity contribution in [2.75, 3.05) is 6.54 Å². The molecule has 0 aliphatic carbocycles. The SMILES string of the molecule is Cc1ccc(C2C(C)CCCN2C(=O)c2ccc(CN)cc2)cc1.Cl. The van der Waals surface area contributed by atoms with Crippen LogP contribution in [0.5, 0.6) is 0 Å². The smallest absolute Gasteiger partial charge is 0.254 e. The summed E-state index contributed by atoms with van der Waals surface area (Å²) in [6.07, 6.45) is 2.23. The third-order valence-electron chi connectivity index (χ3n) is 5.05. The van der Waals surface area contributed by atoms with Gasteiger partial charge in [0, 0.05) is 18.7 Å². The van der Waals surface area contributed by atoms with E-state index in [0.717, 1.165) is 30.5 Å². The highest BCUT2D eigenvalue weighted by Crippen LogP contribution is 2.36. The number of hydrogen-bond donors (Lipinski definition) is 1. The fourth-order valence-corrected chi connectivity index (χ4v) is 3.64. The topological polar surface area (TPSA) is 46.3 Å². The van der Waals surface area contributed by atoms with Crippen LogP contribution in [0.3, 0.4) is 0 Å². The van der Waals surface area contributed by atoms with Crippen molar-refractivity contribution in [1.29, 1.82) is 0 Å². The molecule has 1 heterocycles. The maximum atomic E-state index is 13.1. The van der Waals surface area contributed by atoms with Gasteiger partial charge in [-0.05, 0) is 48.9 Å². The molecule has 1 aliphatic heterocycles. The predicted molar refractivity (Wildman–Crippen MR) is 105 cm³/mol. The van der Waals surface area contributed by atoms with Gasteiger partial charge in [-0.25, -0.2) is 0 Å². The second kappa shape index (κ2) is 8.50. The number of benzene rings is 2.